The summed E-state index contributed by atoms with van der Waals surface area (Å²) in [5, 5.41) is 10.9. The van der Waals surface area contributed by atoms with Crippen LogP contribution in [0.2, 0.25) is 0 Å². The SMILES string of the molecule is C=C(C)C(=O)N1C(=O)C(C)(C)N(O)C1(C)C. The van der Waals surface area contributed by atoms with E-state index in [1.807, 2.05) is 0 Å². The summed E-state index contributed by atoms with van der Waals surface area (Å²) < 4.78 is 0. The van der Waals surface area contributed by atoms with E-state index in [2.05, 4.69) is 6.58 Å². The van der Waals surface area contributed by atoms with E-state index < -0.39 is 23.0 Å². The van der Waals surface area contributed by atoms with E-state index in [-0.39, 0.29) is 5.57 Å². The third-order valence-corrected chi connectivity index (χ3v) is 2.89. The van der Waals surface area contributed by atoms with Crippen LogP contribution in [0.3, 0.4) is 0 Å². The van der Waals surface area contributed by atoms with E-state index in [4.69, 9.17) is 0 Å². The normalized spacial score (nSPS) is 23.6. The van der Waals surface area contributed by atoms with E-state index in [0.717, 1.165) is 9.96 Å². The Kier molecular flexibility index (Phi) is 2.73. The lowest BCUT2D eigenvalue weighted by Gasteiger charge is -2.34. The van der Waals surface area contributed by atoms with Crippen molar-refractivity contribution in [1.29, 1.82) is 0 Å². The smallest absolute Gasteiger partial charge is 0.257 e. The van der Waals surface area contributed by atoms with Gasteiger partial charge in [-0.1, -0.05) is 6.58 Å². The number of hydroxylamine groups is 2. The van der Waals surface area contributed by atoms with Gasteiger partial charge in [-0.2, -0.15) is 5.06 Å². The van der Waals surface area contributed by atoms with Crippen LogP contribution in [0, 0.1) is 0 Å². The Morgan fingerprint density at radius 3 is 2.00 bits per heavy atom. The summed E-state index contributed by atoms with van der Waals surface area (Å²) in [4.78, 5) is 25.0. The van der Waals surface area contributed by atoms with Crippen LogP contribution in [0.25, 0.3) is 0 Å². The number of carbonyl (C=O) groups excluding carboxylic acids is 2. The van der Waals surface area contributed by atoms with E-state index in [1.54, 1.807) is 34.6 Å². The Labute approximate surface area is 95.3 Å². The molecule has 0 aromatic carbocycles. The van der Waals surface area contributed by atoms with Gasteiger partial charge in [0.1, 0.15) is 11.2 Å². The van der Waals surface area contributed by atoms with Crippen LogP contribution in [-0.4, -0.2) is 38.2 Å². The summed E-state index contributed by atoms with van der Waals surface area (Å²) >= 11 is 0. The van der Waals surface area contributed by atoms with Crippen LogP contribution < -0.4 is 0 Å². The number of hydrogen-bond acceptors (Lipinski definition) is 4. The van der Waals surface area contributed by atoms with Gasteiger partial charge in [-0.05, 0) is 34.6 Å². The fraction of sp³-hybridized carbons (Fsp3) is 0.636. The van der Waals surface area contributed by atoms with Gasteiger partial charge in [0.15, 0.2) is 0 Å². The first-order valence-electron chi connectivity index (χ1n) is 5.08. The van der Waals surface area contributed by atoms with Crippen molar-refractivity contribution < 1.29 is 14.8 Å². The molecule has 1 saturated heterocycles. The molecule has 1 N–H and O–H groups in total. The predicted molar refractivity (Wildman–Crippen MR) is 58.5 cm³/mol. The fourth-order valence-corrected chi connectivity index (χ4v) is 1.92. The fourth-order valence-electron chi connectivity index (χ4n) is 1.92. The van der Waals surface area contributed by atoms with Crippen molar-refractivity contribution in [2.75, 3.05) is 0 Å². The summed E-state index contributed by atoms with van der Waals surface area (Å²) in [6.07, 6.45) is 0. The van der Waals surface area contributed by atoms with Crippen LogP contribution in [-0.2, 0) is 9.59 Å². The lowest BCUT2D eigenvalue weighted by atomic mass is 10.1. The van der Waals surface area contributed by atoms with Crippen molar-refractivity contribution in [3.8, 4) is 0 Å². The maximum Gasteiger partial charge on any atom is 0.257 e. The highest BCUT2D eigenvalue weighted by atomic mass is 16.5. The molecule has 0 radical (unpaired) electrons. The molecule has 90 valence electrons. The highest BCUT2D eigenvalue weighted by Gasteiger charge is 2.58. The monoisotopic (exact) mass is 226 g/mol. The molecule has 0 unspecified atom stereocenters. The van der Waals surface area contributed by atoms with E-state index in [0.29, 0.717) is 0 Å². The average Bonchev–Trinajstić information content (AvgIpc) is 2.25. The third-order valence-electron chi connectivity index (χ3n) is 2.89. The van der Waals surface area contributed by atoms with E-state index in [1.165, 1.54) is 0 Å². The summed E-state index contributed by atoms with van der Waals surface area (Å²) in [6, 6.07) is 0. The van der Waals surface area contributed by atoms with Crippen molar-refractivity contribution in [2.24, 2.45) is 0 Å². The molecule has 5 heteroatoms. The van der Waals surface area contributed by atoms with Gasteiger partial charge < -0.3 is 5.21 Å². The minimum Gasteiger partial charge on any atom is -0.311 e. The molecule has 0 atom stereocenters. The van der Waals surface area contributed by atoms with Gasteiger partial charge in [0.2, 0.25) is 0 Å². The zero-order valence-electron chi connectivity index (χ0n) is 10.4. The predicted octanol–water partition coefficient (Wildman–Crippen LogP) is 1.14. The van der Waals surface area contributed by atoms with Crippen molar-refractivity contribution >= 4 is 11.8 Å². The van der Waals surface area contributed by atoms with Gasteiger partial charge in [-0.15, -0.1) is 0 Å². The molecule has 16 heavy (non-hydrogen) atoms. The molecule has 1 fully saturated rings. The molecule has 1 rings (SSSR count). The second-order valence-corrected chi connectivity index (χ2v) is 5.09. The number of imide groups is 1. The van der Waals surface area contributed by atoms with E-state index in [9.17, 15) is 14.8 Å². The van der Waals surface area contributed by atoms with Crippen molar-refractivity contribution in [1.82, 2.24) is 9.96 Å². The highest BCUT2D eigenvalue weighted by Crippen LogP contribution is 2.37. The molecular weight excluding hydrogens is 208 g/mol. The molecule has 0 saturated carbocycles. The molecule has 0 bridgehead atoms. The molecule has 2 amide bonds. The quantitative estimate of drug-likeness (QED) is 0.681. The van der Waals surface area contributed by atoms with Gasteiger partial charge in [0, 0.05) is 5.57 Å². The standard InChI is InChI=1S/C11H18N2O3/c1-7(2)8(14)12-9(15)10(3,4)13(16)11(12,5)6/h16H,1H2,2-6H3. The second-order valence-electron chi connectivity index (χ2n) is 5.09. The van der Waals surface area contributed by atoms with Crippen LogP contribution in [0.15, 0.2) is 12.2 Å². The summed E-state index contributed by atoms with van der Waals surface area (Å²) in [5.74, 6) is -0.882. The summed E-state index contributed by atoms with van der Waals surface area (Å²) in [6.45, 7) is 11.4. The number of nitrogens with zero attached hydrogens (tertiary/aromatic N) is 2. The lowest BCUT2D eigenvalue weighted by Crippen LogP contribution is -2.51. The molecule has 0 aromatic rings. The van der Waals surface area contributed by atoms with Gasteiger partial charge in [0.05, 0.1) is 0 Å². The minimum atomic E-state index is -1.10. The van der Waals surface area contributed by atoms with Gasteiger partial charge in [0.25, 0.3) is 11.8 Å². The summed E-state index contributed by atoms with van der Waals surface area (Å²) in [7, 11) is 0. The second kappa shape index (κ2) is 3.40. The zero-order chi connectivity index (χ0) is 12.9. The number of carbonyl (C=O) groups is 2. The van der Waals surface area contributed by atoms with Gasteiger partial charge in [-0.3, -0.25) is 14.5 Å². The molecule has 5 nitrogen and oxygen atoms in total. The van der Waals surface area contributed by atoms with Crippen LogP contribution in [0.1, 0.15) is 34.6 Å². The first-order valence-corrected chi connectivity index (χ1v) is 5.08. The molecular formula is C11H18N2O3. The maximum atomic E-state index is 12.1. The van der Waals surface area contributed by atoms with E-state index >= 15 is 0 Å². The lowest BCUT2D eigenvalue weighted by molar-refractivity contribution is -0.210. The first kappa shape index (κ1) is 12.9. The van der Waals surface area contributed by atoms with Crippen LogP contribution in [0.5, 0.6) is 0 Å². The Morgan fingerprint density at radius 1 is 1.31 bits per heavy atom. The highest BCUT2D eigenvalue weighted by molar-refractivity contribution is 6.08. The summed E-state index contributed by atoms with van der Waals surface area (Å²) in [5.41, 5.74) is -1.89. The number of amides is 2. The largest absolute Gasteiger partial charge is 0.311 e. The van der Waals surface area contributed by atoms with Crippen LogP contribution >= 0.6 is 0 Å². The van der Waals surface area contributed by atoms with Gasteiger partial charge >= 0.3 is 0 Å². The average molecular weight is 226 g/mol. The minimum absolute atomic E-state index is 0.271. The maximum absolute atomic E-state index is 12.1. The van der Waals surface area contributed by atoms with Crippen molar-refractivity contribution in [3.63, 3.8) is 0 Å². The molecule has 0 aliphatic carbocycles. The van der Waals surface area contributed by atoms with Crippen LogP contribution in [0.4, 0.5) is 0 Å². The molecule has 1 aliphatic heterocycles. The molecule has 0 spiro atoms. The Morgan fingerprint density at radius 2 is 1.75 bits per heavy atom. The molecule has 1 aliphatic rings. The van der Waals surface area contributed by atoms with Crippen molar-refractivity contribution in [2.45, 2.75) is 45.8 Å². The Bertz CT molecular complexity index is 371. The van der Waals surface area contributed by atoms with Gasteiger partial charge in [-0.25, -0.2) is 0 Å². The number of rotatable bonds is 1. The Hall–Kier alpha value is -1.20. The molecule has 1 heterocycles. The number of hydrogen-bond donors (Lipinski definition) is 1. The third kappa shape index (κ3) is 1.47. The zero-order valence-corrected chi connectivity index (χ0v) is 10.4. The Balaban J connectivity index is 3.26. The topological polar surface area (TPSA) is 60.9 Å². The first-order chi connectivity index (χ1) is 7.04. The molecule has 0 aromatic heterocycles. The van der Waals surface area contributed by atoms with Crippen molar-refractivity contribution in [3.05, 3.63) is 12.2 Å².